The Morgan fingerprint density at radius 3 is 0.948 bits per heavy atom. The molecule has 58 heavy (non-hydrogen) atoms. The van der Waals surface area contributed by atoms with Gasteiger partial charge in [0.05, 0.1) is 0 Å². The second kappa shape index (κ2) is 20.9. The second-order valence-corrected chi connectivity index (χ2v) is 42.4. The Morgan fingerprint density at radius 1 is 0.483 bits per heavy atom. The fourth-order valence-corrected chi connectivity index (χ4v) is 21.9. The first-order chi connectivity index (χ1) is 24.0. The molecule has 0 nitrogen and oxygen atoms in total. The van der Waals surface area contributed by atoms with Crippen molar-refractivity contribution < 1.29 is 68.2 Å². The summed E-state index contributed by atoms with van der Waals surface area (Å²) in [5.41, 5.74) is 9.77. The fraction of sp³-hybridized carbons (Fsp3) is 0.680. The van der Waals surface area contributed by atoms with Crippen LogP contribution in [0.4, 0.5) is 0 Å². The van der Waals surface area contributed by atoms with Crippen molar-refractivity contribution in [2.45, 2.75) is 185 Å². The van der Waals surface area contributed by atoms with E-state index in [4.69, 9.17) is 0 Å². The molecule has 4 rings (SSSR count). The first-order valence-corrected chi connectivity index (χ1v) is 30.9. The maximum Gasteiger partial charge on any atom is 2.00 e. The van der Waals surface area contributed by atoms with Crippen LogP contribution in [-0.4, -0.2) is 23.9 Å². The summed E-state index contributed by atoms with van der Waals surface area (Å²) in [5, 5.41) is 0. The van der Waals surface area contributed by atoms with Gasteiger partial charge in [-0.3, -0.25) is 12.2 Å². The molecule has 0 bridgehead atoms. The van der Waals surface area contributed by atoms with E-state index in [2.05, 4.69) is 233 Å². The standard InChI is InChI=1S/2C25H41SSi.2ClH.2Ti/c2*1-22(2,3)20-16-17-25(26-27(9,10)11,21(18-20)23(4,5)6)24(7,8)19-14-12-13-15-19;;;;/h2*12,14,16,18H,13,17H2,1-11H3;2*1H;;/q2*-1;;;2*+2/p-2. The summed E-state index contributed by atoms with van der Waals surface area (Å²) in [5.74, 6) is 0. The zero-order valence-corrected chi connectivity index (χ0v) is 49.3. The maximum absolute atomic E-state index is 3.68. The summed E-state index contributed by atoms with van der Waals surface area (Å²) in [4.78, 5) is 0. The molecule has 0 radical (unpaired) electrons. The molecule has 8 heteroatoms. The Labute approximate surface area is 413 Å². The van der Waals surface area contributed by atoms with Gasteiger partial charge in [-0.25, -0.2) is 23.3 Å². The van der Waals surface area contributed by atoms with E-state index in [1.165, 1.54) is 22.3 Å². The fourth-order valence-electron chi connectivity index (χ4n) is 8.86. The van der Waals surface area contributed by atoms with Crippen molar-refractivity contribution in [3.8, 4) is 0 Å². The molecule has 0 fully saturated rings. The molecule has 0 heterocycles. The average Bonchev–Trinajstić information content (AvgIpc) is 3.69. The van der Waals surface area contributed by atoms with Crippen molar-refractivity contribution in [1.29, 1.82) is 0 Å². The molecule has 0 aromatic rings. The molecule has 0 N–H and O–H groups in total. The van der Waals surface area contributed by atoms with E-state index in [0.717, 1.165) is 25.7 Å². The minimum Gasteiger partial charge on any atom is -1.00 e. The Kier molecular flexibility index (Phi) is 22.1. The molecule has 324 valence electrons. The molecule has 0 saturated carbocycles. The molecular formula is C50H82Cl2S2Si2Ti2. The van der Waals surface area contributed by atoms with Crippen LogP contribution in [0.3, 0.4) is 0 Å². The van der Waals surface area contributed by atoms with Crippen LogP contribution in [0.25, 0.3) is 0 Å². The Hall–Kier alpha value is 1.06. The summed E-state index contributed by atoms with van der Waals surface area (Å²) < 4.78 is 0.170. The van der Waals surface area contributed by atoms with E-state index in [0.29, 0.717) is 0 Å². The van der Waals surface area contributed by atoms with Crippen LogP contribution in [0.2, 0.25) is 39.3 Å². The van der Waals surface area contributed by atoms with Crippen LogP contribution in [0.1, 0.15) is 136 Å². The quantitative estimate of drug-likeness (QED) is 0.176. The minimum absolute atomic E-state index is 0. The smallest absolute Gasteiger partial charge is 1.00 e. The minimum atomic E-state index is -1.38. The van der Waals surface area contributed by atoms with Crippen molar-refractivity contribution in [1.82, 2.24) is 0 Å². The van der Waals surface area contributed by atoms with Gasteiger partial charge in [-0.15, -0.1) is 12.8 Å². The summed E-state index contributed by atoms with van der Waals surface area (Å²) in [6, 6.07) is 0. The monoisotopic (exact) mass is 968 g/mol. The van der Waals surface area contributed by atoms with Crippen molar-refractivity contribution in [2.75, 3.05) is 0 Å². The molecule has 0 amide bonds. The molecule has 2 unspecified atom stereocenters. The summed E-state index contributed by atoms with van der Waals surface area (Å²) in [6.07, 6.45) is 30.9. The Balaban J connectivity index is 0. The molecule has 0 aliphatic heterocycles. The van der Waals surface area contributed by atoms with E-state index < -0.39 is 14.4 Å². The topological polar surface area (TPSA) is 0 Å². The molecule has 4 aliphatic rings. The first-order valence-electron chi connectivity index (χ1n) is 20.8. The predicted molar refractivity (Wildman–Crippen MR) is 255 cm³/mol. The van der Waals surface area contributed by atoms with Gasteiger partial charge in [-0.05, 0) is 67.6 Å². The van der Waals surface area contributed by atoms with Crippen LogP contribution < -0.4 is 24.8 Å². The van der Waals surface area contributed by atoms with Gasteiger partial charge in [-0.2, -0.15) is 34.6 Å². The van der Waals surface area contributed by atoms with Gasteiger partial charge in [0, 0.05) is 9.49 Å². The molecule has 0 spiro atoms. The van der Waals surface area contributed by atoms with Gasteiger partial charge in [0.25, 0.3) is 0 Å². The van der Waals surface area contributed by atoms with Crippen LogP contribution in [0.15, 0.2) is 82.0 Å². The maximum atomic E-state index is 3.68. The Bertz CT molecular complexity index is 1540. The van der Waals surface area contributed by atoms with Gasteiger partial charge in [0.1, 0.15) is 14.4 Å². The number of hydrogen-bond donors (Lipinski definition) is 0. The zero-order valence-electron chi connectivity index (χ0n) is 41.0. The molecule has 0 aromatic heterocycles. The number of allylic oxidation sites excluding steroid dienone is 14. The third-order valence-corrected chi connectivity index (χ3v) is 21.2. The summed E-state index contributed by atoms with van der Waals surface area (Å²) in [7, 11) is -2.77. The van der Waals surface area contributed by atoms with Crippen molar-refractivity contribution in [2.24, 2.45) is 32.5 Å². The van der Waals surface area contributed by atoms with Gasteiger partial charge >= 0.3 is 43.4 Å². The van der Waals surface area contributed by atoms with E-state index in [1.54, 1.807) is 11.1 Å². The van der Waals surface area contributed by atoms with Crippen molar-refractivity contribution in [3.05, 3.63) is 94.2 Å². The average molecular weight is 970 g/mol. The molecule has 0 aromatic carbocycles. The number of hydrogen-bond acceptors (Lipinski definition) is 2. The summed E-state index contributed by atoms with van der Waals surface area (Å²) in [6.45, 7) is 53.4. The molecular weight excluding hydrogens is 887 g/mol. The molecule has 0 saturated heterocycles. The van der Waals surface area contributed by atoms with Crippen molar-refractivity contribution in [3.63, 3.8) is 0 Å². The normalized spacial score (nSPS) is 22.9. The van der Waals surface area contributed by atoms with Crippen LogP contribution >= 0.6 is 22.4 Å². The third kappa shape index (κ3) is 14.0. The predicted octanol–water partition coefficient (Wildman–Crippen LogP) is 10.7. The molecule has 4 aliphatic carbocycles. The van der Waals surface area contributed by atoms with Crippen LogP contribution in [0.5, 0.6) is 0 Å². The van der Waals surface area contributed by atoms with Crippen LogP contribution in [0, 0.1) is 44.6 Å². The second-order valence-electron chi connectivity index (χ2n) is 23.6. The van der Waals surface area contributed by atoms with E-state index in [9.17, 15) is 0 Å². The first kappa shape index (κ1) is 61.2. The van der Waals surface area contributed by atoms with Crippen LogP contribution in [-0.2, 0) is 43.4 Å². The number of halogens is 2. The van der Waals surface area contributed by atoms with Gasteiger partial charge in [-0.1, -0.05) is 174 Å². The SMILES string of the molecule is CC(C)(C)C1=CCC(S[Si](C)(C)C)(C(C)(C)C2=[C-]CC=C2)C(C(C)(C)C)=C1.CC(C)(C)C1=CCC(S[Si](C)(C)C)(C(C)(C)C2=[C-]CC=C2)C(C(C)(C)C)=C1.[Cl-].[Cl-].[Ti+2].[Ti+2]. The zero-order chi connectivity index (χ0) is 41.8. The van der Waals surface area contributed by atoms with Crippen molar-refractivity contribution >= 4 is 36.9 Å². The number of rotatable bonds is 8. The van der Waals surface area contributed by atoms with E-state index in [1.807, 2.05) is 0 Å². The van der Waals surface area contributed by atoms with E-state index in [-0.39, 0.29) is 110 Å². The third-order valence-electron chi connectivity index (χ3n) is 11.8. The molecule has 2 atom stereocenters. The Morgan fingerprint density at radius 2 is 0.759 bits per heavy atom. The van der Waals surface area contributed by atoms with Gasteiger partial charge in [0.15, 0.2) is 0 Å². The largest absolute Gasteiger partial charge is 2.00 e. The van der Waals surface area contributed by atoms with Gasteiger partial charge in [0.2, 0.25) is 0 Å². The van der Waals surface area contributed by atoms with E-state index >= 15 is 0 Å². The summed E-state index contributed by atoms with van der Waals surface area (Å²) >= 11 is 4.60. The van der Waals surface area contributed by atoms with Gasteiger partial charge < -0.3 is 24.8 Å².